The summed E-state index contributed by atoms with van der Waals surface area (Å²) >= 11 is 6.16. The van der Waals surface area contributed by atoms with E-state index in [2.05, 4.69) is 23.5 Å². The van der Waals surface area contributed by atoms with Crippen LogP contribution in [0, 0.1) is 11.8 Å². The molecular weight excluding hydrogens is 278 g/mol. The molecule has 0 heterocycles. The Labute approximate surface area is 134 Å². The molecule has 0 bridgehead atoms. The number of hydrogen-bond acceptors (Lipinski definition) is 1. The van der Waals surface area contributed by atoms with Crippen molar-refractivity contribution in [1.82, 2.24) is 5.32 Å². The first-order chi connectivity index (χ1) is 10.3. The predicted octanol–water partition coefficient (Wildman–Crippen LogP) is 5.22. The maximum atomic E-state index is 6.16. The summed E-state index contributed by atoms with van der Waals surface area (Å²) < 4.78 is 0. The van der Waals surface area contributed by atoms with Gasteiger partial charge in [0.25, 0.3) is 0 Å². The Kier molecular flexibility index (Phi) is 5.60. The highest BCUT2D eigenvalue weighted by Gasteiger charge is 2.26. The third-order valence-electron chi connectivity index (χ3n) is 5.20. The monoisotopic (exact) mass is 305 g/mol. The molecule has 2 saturated carbocycles. The Morgan fingerprint density at radius 1 is 1.05 bits per heavy atom. The molecule has 0 aliphatic heterocycles. The Morgan fingerprint density at radius 3 is 2.48 bits per heavy atom. The Hall–Kier alpha value is -0.530. The summed E-state index contributed by atoms with van der Waals surface area (Å²) in [5.41, 5.74) is 1.41. The summed E-state index contributed by atoms with van der Waals surface area (Å²) in [5.74, 6) is 1.68. The van der Waals surface area contributed by atoms with Gasteiger partial charge in [0.15, 0.2) is 0 Å². The van der Waals surface area contributed by atoms with Crippen LogP contribution < -0.4 is 5.32 Å². The lowest BCUT2D eigenvalue weighted by Gasteiger charge is -2.27. The van der Waals surface area contributed by atoms with Crippen molar-refractivity contribution in [2.45, 2.75) is 63.8 Å². The van der Waals surface area contributed by atoms with E-state index in [9.17, 15) is 0 Å². The van der Waals surface area contributed by atoms with Crippen molar-refractivity contribution in [3.63, 3.8) is 0 Å². The van der Waals surface area contributed by atoms with Gasteiger partial charge in [-0.2, -0.15) is 0 Å². The summed E-state index contributed by atoms with van der Waals surface area (Å²) in [6, 6.07) is 9.29. The van der Waals surface area contributed by atoms with Crippen LogP contribution in [0.3, 0.4) is 0 Å². The van der Waals surface area contributed by atoms with E-state index in [0.29, 0.717) is 0 Å². The van der Waals surface area contributed by atoms with Crippen LogP contribution in [0.4, 0.5) is 0 Å². The van der Waals surface area contributed by atoms with Crippen molar-refractivity contribution < 1.29 is 0 Å². The average molecular weight is 306 g/mol. The van der Waals surface area contributed by atoms with E-state index in [4.69, 9.17) is 11.6 Å². The van der Waals surface area contributed by atoms with E-state index < -0.39 is 0 Å². The van der Waals surface area contributed by atoms with Gasteiger partial charge in [0.1, 0.15) is 0 Å². The summed E-state index contributed by atoms with van der Waals surface area (Å²) in [6.45, 7) is 1.20. The van der Waals surface area contributed by atoms with Crippen molar-refractivity contribution in [2.75, 3.05) is 6.54 Å². The summed E-state index contributed by atoms with van der Waals surface area (Å²) in [7, 11) is 0. The van der Waals surface area contributed by atoms with E-state index in [1.54, 1.807) is 0 Å². The topological polar surface area (TPSA) is 12.0 Å². The quantitative estimate of drug-likeness (QED) is 0.710. The van der Waals surface area contributed by atoms with Crippen molar-refractivity contribution in [2.24, 2.45) is 11.8 Å². The molecule has 2 aliphatic carbocycles. The standard InChI is InChI=1S/C19H28ClN/c20-18-9-5-6-15(13-18)12-17(14-21-19-10-11-19)16-7-3-1-2-4-8-16/h5-6,9,13,16-17,19,21H,1-4,7-8,10-12,14H2. The smallest absolute Gasteiger partial charge is 0.0408 e. The number of halogens is 1. The van der Waals surface area contributed by atoms with Crippen LogP contribution in [0.2, 0.25) is 5.02 Å². The zero-order chi connectivity index (χ0) is 14.5. The van der Waals surface area contributed by atoms with Crippen molar-refractivity contribution in [1.29, 1.82) is 0 Å². The molecule has 1 aromatic carbocycles. The second kappa shape index (κ2) is 7.65. The van der Waals surface area contributed by atoms with Crippen LogP contribution in [0.25, 0.3) is 0 Å². The van der Waals surface area contributed by atoms with Gasteiger partial charge < -0.3 is 5.32 Å². The zero-order valence-electron chi connectivity index (χ0n) is 13.0. The van der Waals surface area contributed by atoms with E-state index in [0.717, 1.165) is 22.9 Å². The Balaban J connectivity index is 1.64. The number of nitrogens with one attached hydrogen (secondary N) is 1. The first-order valence-corrected chi connectivity index (χ1v) is 9.17. The second-order valence-electron chi connectivity index (χ2n) is 7.03. The molecule has 0 radical (unpaired) electrons. The van der Waals surface area contributed by atoms with Crippen LogP contribution in [0.5, 0.6) is 0 Å². The van der Waals surface area contributed by atoms with Gasteiger partial charge in [-0.05, 0) is 55.3 Å². The molecule has 1 N–H and O–H groups in total. The van der Waals surface area contributed by atoms with Gasteiger partial charge in [-0.15, -0.1) is 0 Å². The lowest BCUT2D eigenvalue weighted by Crippen LogP contribution is -2.31. The minimum absolute atomic E-state index is 0.780. The summed E-state index contributed by atoms with van der Waals surface area (Å²) in [4.78, 5) is 0. The lowest BCUT2D eigenvalue weighted by molar-refractivity contribution is 0.284. The van der Waals surface area contributed by atoms with E-state index in [1.807, 2.05) is 6.07 Å². The van der Waals surface area contributed by atoms with Gasteiger partial charge in [-0.1, -0.05) is 62.3 Å². The van der Waals surface area contributed by atoms with Crippen molar-refractivity contribution in [3.8, 4) is 0 Å². The van der Waals surface area contributed by atoms with Crippen LogP contribution in [0.1, 0.15) is 56.9 Å². The molecule has 0 saturated heterocycles. The lowest BCUT2D eigenvalue weighted by atomic mass is 9.82. The molecule has 2 aliphatic rings. The number of hydrogen-bond donors (Lipinski definition) is 1. The van der Waals surface area contributed by atoms with Gasteiger partial charge in [-0.25, -0.2) is 0 Å². The largest absolute Gasteiger partial charge is 0.314 e. The zero-order valence-corrected chi connectivity index (χ0v) is 13.7. The third kappa shape index (κ3) is 5.00. The first-order valence-electron chi connectivity index (χ1n) is 8.79. The molecule has 3 rings (SSSR count). The van der Waals surface area contributed by atoms with Gasteiger partial charge in [0.05, 0.1) is 0 Å². The summed E-state index contributed by atoms with van der Waals surface area (Å²) in [5, 5.41) is 4.65. The molecule has 116 valence electrons. The highest BCUT2D eigenvalue weighted by Crippen LogP contribution is 2.32. The van der Waals surface area contributed by atoms with Crippen LogP contribution in [-0.4, -0.2) is 12.6 Å². The van der Waals surface area contributed by atoms with Crippen LogP contribution in [0.15, 0.2) is 24.3 Å². The van der Waals surface area contributed by atoms with E-state index in [-0.39, 0.29) is 0 Å². The molecule has 1 atom stereocenters. The molecule has 1 aromatic rings. The molecule has 0 aromatic heterocycles. The highest BCUT2D eigenvalue weighted by molar-refractivity contribution is 6.30. The minimum Gasteiger partial charge on any atom is -0.314 e. The predicted molar refractivity (Wildman–Crippen MR) is 90.9 cm³/mol. The Morgan fingerprint density at radius 2 is 1.81 bits per heavy atom. The number of rotatable bonds is 6. The average Bonchev–Trinajstić information content (AvgIpc) is 3.30. The fourth-order valence-electron chi connectivity index (χ4n) is 3.76. The van der Waals surface area contributed by atoms with Crippen molar-refractivity contribution >= 4 is 11.6 Å². The summed E-state index contributed by atoms with van der Waals surface area (Å²) in [6.07, 6.45) is 12.6. The molecule has 21 heavy (non-hydrogen) atoms. The molecule has 2 heteroatoms. The van der Waals surface area contributed by atoms with Gasteiger partial charge in [0.2, 0.25) is 0 Å². The van der Waals surface area contributed by atoms with E-state index in [1.165, 1.54) is 69.9 Å². The van der Waals surface area contributed by atoms with Crippen LogP contribution in [-0.2, 0) is 6.42 Å². The van der Waals surface area contributed by atoms with E-state index >= 15 is 0 Å². The van der Waals surface area contributed by atoms with Gasteiger partial charge >= 0.3 is 0 Å². The SMILES string of the molecule is Clc1cccc(CC(CNC2CC2)C2CCCCCC2)c1. The Bertz CT molecular complexity index is 433. The fraction of sp³-hybridized carbons (Fsp3) is 0.684. The maximum absolute atomic E-state index is 6.16. The first kappa shape index (κ1) is 15.4. The molecular formula is C19H28ClN. The minimum atomic E-state index is 0.780. The molecule has 2 fully saturated rings. The van der Waals surface area contributed by atoms with Crippen molar-refractivity contribution in [3.05, 3.63) is 34.9 Å². The normalized spacial score (nSPS) is 22.0. The molecule has 1 unspecified atom stereocenters. The maximum Gasteiger partial charge on any atom is 0.0408 e. The molecule has 0 amide bonds. The third-order valence-corrected chi connectivity index (χ3v) is 5.43. The highest BCUT2D eigenvalue weighted by atomic mass is 35.5. The van der Waals surface area contributed by atoms with Gasteiger partial charge in [-0.3, -0.25) is 0 Å². The van der Waals surface area contributed by atoms with Gasteiger partial charge in [0, 0.05) is 11.1 Å². The fourth-order valence-corrected chi connectivity index (χ4v) is 3.97. The molecule has 0 spiro atoms. The molecule has 1 nitrogen and oxygen atoms in total. The number of benzene rings is 1. The van der Waals surface area contributed by atoms with Crippen LogP contribution >= 0.6 is 11.6 Å². The second-order valence-corrected chi connectivity index (χ2v) is 7.46.